The van der Waals surface area contributed by atoms with Gasteiger partial charge in [-0.25, -0.2) is 4.98 Å². The number of aryl methyl sites for hydroxylation is 1. The van der Waals surface area contributed by atoms with E-state index in [-0.39, 0.29) is 5.91 Å². The van der Waals surface area contributed by atoms with E-state index in [9.17, 15) is 4.79 Å². The first-order valence-electron chi connectivity index (χ1n) is 9.97. The van der Waals surface area contributed by atoms with Crippen molar-refractivity contribution in [2.45, 2.75) is 20.4 Å². The van der Waals surface area contributed by atoms with Crippen molar-refractivity contribution in [3.05, 3.63) is 95.3 Å². The second-order valence-corrected chi connectivity index (χ2v) is 7.63. The number of ether oxygens (including phenoxy) is 1. The minimum absolute atomic E-state index is 0.182. The topological polar surface area (TPSA) is 61.1 Å². The lowest BCUT2D eigenvalue weighted by molar-refractivity contribution is 0.102. The summed E-state index contributed by atoms with van der Waals surface area (Å²) in [5.41, 5.74) is 4.03. The fourth-order valence-electron chi connectivity index (χ4n) is 3.55. The summed E-state index contributed by atoms with van der Waals surface area (Å²) in [6, 6.07) is 16.9. The van der Waals surface area contributed by atoms with Gasteiger partial charge in [0.1, 0.15) is 12.4 Å². The molecule has 4 rings (SSSR count). The third-order valence-corrected chi connectivity index (χ3v) is 5.31. The van der Waals surface area contributed by atoms with Crippen LogP contribution >= 0.6 is 11.6 Å². The van der Waals surface area contributed by atoms with E-state index in [4.69, 9.17) is 16.3 Å². The molecule has 4 aromatic rings. The van der Waals surface area contributed by atoms with Crippen LogP contribution in [0, 0.1) is 13.8 Å². The van der Waals surface area contributed by atoms with E-state index >= 15 is 0 Å². The number of benzene rings is 2. The number of carbonyl (C=O) groups is 1. The molecule has 1 amide bonds. The highest BCUT2D eigenvalue weighted by Gasteiger charge is 2.18. The van der Waals surface area contributed by atoms with E-state index in [1.807, 2.05) is 83.8 Å². The van der Waals surface area contributed by atoms with E-state index in [0.717, 1.165) is 17.1 Å². The van der Waals surface area contributed by atoms with Crippen molar-refractivity contribution in [3.63, 3.8) is 0 Å². The van der Waals surface area contributed by atoms with Crippen molar-refractivity contribution in [2.75, 3.05) is 11.9 Å². The van der Waals surface area contributed by atoms with Crippen LogP contribution < -0.4 is 10.1 Å². The van der Waals surface area contributed by atoms with Gasteiger partial charge in [0.15, 0.2) is 0 Å². The summed E-state index contributed by atoms with van der Waals surface area (Å²) in [6.07, 6.45) is 5.36. The molecule has 0 radical (unpaired) electrons. The molecule has 0 spiro atoms. The van der Waals surface area contributed by atoms with E-state index in [0.29, 0.717) is 35.2 Å². The van der Waals surface area contributed by atoms with E-state index < -0.39 is 0 Å². The summed E-state index contributed by atoms with van der Waals surface area (Å²) < 4.78 is 9.88. The molecule has 0 aliphatic carbocycles. The first-order valence-corrected chi connectivity index (χ1v) is 10.3. The predicted octanol–water partition coefficient (Wildman–Crippen LogP) is 5.28. The van der Waals surface area contributed by atoms with Gasteiger partial charge >= 0.3 is 0 Å². The lowest BCUT2D eigenvalue weighted by Gasteiger charge is -2.13. The van der Waals surface area contributed by atoms with Crippen LogP contribution in [-0.2, 0) is 6.54 Å². The van der Waals surface area contributed by atoms with Crippen molar-refractivity contribution in [1.29, 1.82) is 0 Å². The molecular weight excluding hydrogens is 412 g/mol. The number of amides is 1. The Kier molecular flexibility index (Phi) is 6.09. The Bertz CT molecular complexity index is 1180. The van der Waals surface area contributed by atoms with Gasteiger partial charge in [0.05, 0.1) is 24.1 Å². The van der Waals surface area contributed by atoms with Crippen molar-refractivity contribution in [3.8, 4) is 11.4 Å². The van der Waals surface area contributed by atoms with Gasteiger partial charge in [-0.05, 0) is 56.3 Å². The van der Waals surface area contributed by atoms with Crippen LogP contribution in [0.15, 0.2) is 73.3 Å². The normalized spacial score (nSPS) is 10.8. The minimum Gasteiger partial charge on any atom is -0.490 e. The van der Waals surface area contributed by atoms with E-state index in [1.54, 1.807) is 12.5 Å². The highest BCUT2D eigenvalue weighted by Crippen LogP contribution is 2.27. The molecule has 2 heterocycles. The standard InChI is InChI=1S/C24H23ClN4O2/c1-17-15-21(18(2)29(17)20-9-7-19(25)8-10-20)24(30)27-22-5-3-4-6-23(22)31-14-13-28-12-11-26-16-28/h3-12,15-16H,13-14H2,1-2H3,(H,27,30). The van der Waals surface area contributed by atoms with Crippen molar-refractivity contribution < 1.29 is 9.53 Å². The van der Waals surface area contributed by atoms with Crippen LogP contribution in [0.2, 0.25) is 5.02 Å². The molecule has 0 fully saturated rings. The number of para-hydroxylation sites is 2. The largest absolute Gasteiger partial charge is 0.490 e. The lowest BCUT2D eigenvalue weighted by atomic mass is 10.2. The Morgan fingerprint density at radius 3 is 2.65 bits per heavy atom. The molecule has 0 unspecified atom stereocenters. The van der Waals surface area contributed by atoms with Gasteiger partial charge in [0.25, 0.3) is 5.91 Å². The Morgan fingerprint density at radius 2 is 1.90 bits per heavy atom. The Hall–Kier alpha value is -3.51. The summed E-state index contributed by atoms with van der Waals surface area (Å²) in [5.74, 6) is 0.446. The summed E-state index contributed by atoms with van der Waals surface area (Å²) in [5, 5.41) is 3.67. The van der Waals surface area contributed by atoms with Gasteiger partial charge in [0, 0.05) is 34.5 Å². The van der Waals surface area contributed by atoms with Crippen molar-refractivity contribution in [1.82, 2.24) is 14.1 Å². The van der Waals surface area contributed by atoms with Gasteiger partial charge in [-0.1, -0.05) is 23.7 Å². The summed E-state index contributed by atoms with van der Waals surface area (Å²) >= 11 is 6.01. The molecule has 2 aromatic carbocycles. The van der Waals surface area contributed by atoms with Gasteiger partial charge in [-0.2, -0.15) is 0 Å². The van der Waals surface area contributed by atoms with Crippen LogP contribution in [-0.4, -0.2) is 26.6 Å². The second kappa shape index (κ2) is 9.10. The number of imidazole rings is 1. The van der Waals surface area contributed by atoms with Crippen molar-refractivity contribution >= 4 is 23.2 Å². The van der Waals surface area contributed by atoms with Gasteiger partial charge in [-0.3, -0.25) is 4.79 Å². The van der Waals surface area contributed by atoms with Gasteiger partial charge in [-0.15, -0.1) is 0 Å². The maximum absolute atomic E-state index is 13.1. The third kappa shape index (κ3) is 4.64. The molecule has 158 valence electrons. The zero-order valence-corrected chi connectivity index (χ0v) is 18.1. The molecule has 0 saturated carbocycles. The highest BCUT2D eigenvalue weighted by molar-refractivity contribution is 6.30. The van der Waals surface area contributed by atoms with Crippen LogP contribution in [0.1, 0.15) is 21.7 Å². The molecular formula is C24H23ClN4O2. The fraction of sp³-hybridized carbons (Fsp3) is 0.167. The molecule has 6 nitrogen and oxygen atoms in total. The smallest absolute Gasteiger partial charge is 0.257 e. The number of rotatable bonds is 7. The summed E-state index contributed by atoms with van der Waals surface area (Å²) in [6.45, 7) is 5.05. The number of nitrogens with one attached hydrogen (secondary N) is 1. The van der Waals surface area contributed by atoms with Gasteiger partial charge in [0.2, 0.25) is 0 Å². The van der Waals surface area contributed by atoms with Crippen LogP contribution in [0.25, 0.3) is 5.69 Å². The molecule has 0 bridgehead atoms. The van der Waals surface area contributed by atoms with E-state index in [2.05, 4.69) is 10.3 Å². The number of hydrogen-bond donors (Lipinski definition) is 1. The van der Waals surface area contributed by atoms with Crippen LogP contribution in [0.4, 0.5) is 5.69 Å². The maximum Gasteiger partial charge on any atom is 0.257 e. The second-order valence-electron chi connectivity index (χ2n) is 7.20. The molecule has 0 atom stereocenters. The number of anilines is 1. The highest BCUT2D eigenvalue weighted by atomic mass is 35.5. The predicted molar refractivity (Wildman–Crippen MR) is 122 cm³/mol. The van der Waals surface area contributed by atoms with Gasteiger partial charge < -0.3 is 19.2 Å². The number of nitrogens with zero attached hydrogens (tertiary/aromatic N) is 3. The first-order chi connectivity index (χ1) is 15.0. The quantitative estimate of drug-likeness (QED) is 0.430. The monoisotopic (exact) mass is 434 g/mol. The lowest BCUT2D eigenvalue weighted by Crippen LogP contribution is -2.15. The third-order valence-electron chi connectivity index (χ3n) is 5.06. The Labute approximate surface area is 186 Å². The average Bonchev–Trinajstić information content (AvgIpc) is 3.38. The Morgan fingerprint density at radius 1 is 1.13 bits per heavy atom. The minimum atomic E-state index is -0.182. The molecule has 2 aromatic heterocycles. The zero-order valence-electron chi connectivity index (χ0n) is 17.4. The summed E-state index contributed by atoms with van der Waals surface area (Å²) in [7, 11) is 0. The molecule has 0 aliphatic heterocycles. The van der Waals surface area contributed by atoms with Crippen LogP contribution in [0.5, 0.6) is 5.75 Å². The number of halogens is 1. The number of hydrogen-bond acceptors (Lipinski definition) is 3. The Balaban J connectivity index is 1.51. The zero-order chi connectivity index (χ0) is 21.8. The van der Waals surface area contributed by atoms with Crippen LogP contribution in [0.3, 0.4) is 0 Å². The molecule has 0 saturated heterocycles. The summed E-state index contributed by atoms with van der Waals surface area (Å²) in [4.78, 5) is 17.1. The SMILES string of the molecule is Cc1cc(C(=O)Nc2ccccc2OCCn2ccnc2)c(C)n1-c1ccc(Cl)cc1. The van der Waals surface area contributed by atoms with Crippen molar-refractivity contribution in [2.24, 2.45) is 0 Å². The first kappa shape index (κ1) is 20.8. The molecule has 0 aliphatic rings. The maximum atomic E-state index is 13.1. The molecule has 1 N–H and O–H groups in total. The molecule has 31 heavy (non-hydrogen) atoms. The fourth-order valence-corrected chi connectivity index (χ4v) is 3.67. The number of aromatic nitrogens is 3. The number of carbonyl (C=O) groups excluding carboxylic acids is 1. The molecule has 7 heteroatoms. The van der Waals surface area contributed by atoms with E-state index in [1.165, 1.54) is 0 Å². The average molecular weight is 435 g/mol.